The molecule has 13 aromatic rings. The Morgan fingerprint density at radius 3 is 1.57 bits per heavy atom. The lowest BCUT2D eigenvalue weighted by Crippen LogP contribution is -1.95. The van der Waals surface area contributed by atoms with Gasteiger partial charge in [0.15, 0.2) is 5.58 Å². The van der Waals surface area contributed by atoms with Gasteiger partial charge in [-0.3, -0.25) is 0 Å². The molecule has 0 aliphatic heterocycles. The molecule has 1 aliphatic rings. The monoisotopic (exact) mass is 896 g/mol. The van der Waals surface area contributed by atoms with E-state index in [9.17, 15) is 0 Å². The largest absolute Gasteiger partial charge is 0.454 e. The Kier molecular flexibility index (Phi) is 10.3. The van der Waals surface area contributed by atoms with Gasteiger partial charge in [-0.25, -0.2) is 0 Å². The number of rotatable bonds is 4. The van der Waals surface area contributed by atoms with E-state index in [0.717, 1.165) is 34.0 Å². The van der Waals surface area contributed by atoms with Crippen molar-refractivity contribution < 1.29 is 4.42 Å². The Morgan fingerprint density at radius 2 is 0.925 bits per heavy atom. The summed E-state index contributed by atoms with van der Waals surface area (Å²) in [6.07, 6.45) is 0.914. The smallest absolute Gasteiger partial charge is 0.159 e. The first-order valence-electron chi connectivity index (χ1n) is 22.7. The number of hydrogen-bond donors (Lipinski definition) is 2. The lowest BCUT2D eigenvalue weighted by molar-refractivity contribution is 0.666. The standard InChI is InChI=1S/C55H34N2O.C7H8.H2S2/c1-5-21-49-41(14-1)42-15-2-6-22-50(42)56(49)38-13-9-12-36(30-38)39-18-10-19-40-46-31-34(26-27-37(46)33-47(39)40)35-28-29-54-48(32-35)45-20-11-25-53(55(45)58-54)57-51-23-7-3-16-43(51)44-17-4-8-24-52(44)57;1-7-5-3-2-4-6-7;1-2/h1-32H,33H2;2-6H,1H3;1-2H. The molecule has 3 nitrogen and oxygen atoms in total. The zero-order valence-electron chi connectivity index (χ0n) is 36.8. The second-order valence-corrected chi connectivity index (χ2v) is 17.3. The quantitative estimate of drug-likeness (QED) is 0.133. The van der Waals surface area contributed by atoms with Crippen LogP contribution in [0.4, 0.5) is 0 Å². The van der Waals surface area contributed by atoms with E-state index in [1.54, 1.807) is 0 Å². The summed E-state index contributed by atoms with van der Waals surface area (Å²) in [6.45, 7) is 2.08. The summed E-state index contributed by atoms with van der Waals surface area (Å²) in [5.41, 5.74) is 20.5. The van der Waals surface area contributed by atoms with E-state index in [0.29, 0.717) is 0 Å². The fraction of sp³-hybridized carbons (Fsp3) is 0.0323. The van der Waals surface area contributed by atoms with Crippen molar-refractivity contribution in [3.63, 3.8) is 0 Å². The number of thiol groups is 2. The zero-order valence-corrected chi connectivity index (χ0v) is 38.6. The Balaban J connectivity index is 0.000000475. The Bertz CT molecular complexity index is 3900. The number of fused-ring (bicyclic) bond motifs is 12. The minimum Gasteiger partial charge on any atom is -0.454 e. The van der Waals surface area contributed by atoms with E-state index in [-0.39, 0.29) is 0 Å². The zero-order chi connectivity index (χ0) is 45.0. The van der Waals surface area contributed by atoms with Gasteiger partial charge in [0.05, 0.1) is 27.8 Å². The van der Waals surface area contributed by atoms with E-state index in [1.165, 1.54) is 99.4 Å². The number of aromatic nitrogens is 2. The van der Waals surface area contributed by atoms with Crippen LogP contribution in [0.25, 0.3) is 110 Å². The van der Waals surface area contributed by atoms with Crippen LogP contribution in [0.2, 0.25) is 0 Å². The molecule has 0 bridgehead atoms. The second kappa shape index (κ2) is 16.9. The third-order valence-electron chi connectivity index (χ3n) is 13.5. The maximum Gasteiger partial charge on any atom is 0.159 e. The highest BCUT2D eigenvalue weighted by Crippen LogP contribution is 2.45. The van der Waals surface area contributed by atoms with Crippen LogP contribution in [0.5, 0.6) is 0 Å². The number of hydrogen-bond acceptors (Lipinski definition) is 3. The van der Waals surface area contributed by atoms with E-state index >= 15 is 0 Å². The van der Waals surface area contributed by atoms with E-state index in [2.05, 4.69) is 246 Å². The molecule has 5 heteroatoms. The van der Waals surface area contributed by atoms with Crippen LogP contribution < -0.4 is 0 Å². The predicted octanol–water partition coefficient (Wildman–Crippen LogP) is 17.4. The highest BCUT2D eigenvalue weighted by Gasteiger charge is 2.24. The molecule has 3 aromatic heterocycles. The molecule has 67 heavy (non-hydrogen) atoms. The molecule has 1 aliphatic carbocycles. The normalized spacial score (nSPS) is 11.7. The molecule has 0 spiro atoms. The highest BCUT2D eigenvalue weighted by atomic mass is 33.1. The molecule has 3 heterocycles. The van der Waals surface area contributed by atoms with Crippen LogP contribution in [0.3, 0.4) is 0 Å². The molecule has 0 saturated carbocycles. The van der Waals surface area contributed by atoms with Gasteiger partial charge in [0.25, 0.3) is 0 Å². The lowest BCUT2D eigenvalue weighted by Gasteiger charge is -2.13. The van der Waals surface area contributed by atoms with E-state index in [4.69, 9.17) is 4.42 Å². The minimum absolute atomic E-state index is 0.895. The number of aryl methyl sites for hydroxylation is 1. The van der Waals surface area contributed by atoms with Crippen molar-refractivity contribution in [3.8, 4) is 44.8 Å². The number of benzene rings is 10. The Morgan fingerprint density at radius 1 is 0.388 bits per heavy atom. The molecule has 0 fully saturated rings. The minimum atomic E-state index is 0.895. The molecule has 0 atom stereocenters. The molecular formula is C62H44N2OS2. The van der Waals surface area contributed by atoms with Crippen molar-refractivity contribution >= 4 is 88.9 Å². The predicted molar refractivity (Wildman–Crippen MR) is 291 cm³/mol. The van der Waals surface area contributed by atoms with Crippen molar-refractivity contribution in [1.82, 2.24) is 9.13 Å². The van der Waals surface area contributed by atoms with Crippen LogP contribution in [-0.2, 0) is 6.42 Å². The van der Waals surface area contributed by atoms with Gasteiger partial charge in [0.2, 0.25) is 0 Å². The van der Waals surface area contributed by atoms with Crippen molar-refractivity contribution in [2.75, 3.05) is 0 Å². The van der Waals surface area contributed by atoms with Gasteiger partial charge in [-0.1, -0.05) is 169 Å². The maximum atomic E-state index is 6.72. The third-order valence-corrected chi connectivity index (χ3v) is 13.5. The first-order chi connectivity index (χ1) is 33.2. The van der Waals surface area contributed by atoms with Gasteiger partial charge in [-0.2, -0.15) is 0 Å². The second-order valence-electron chi connectivity index (χ2n) is 17.3. The number of para-hydroxylation sites is 5. The average molecular weight is 897 g/mol. The molecule has 10 aromatic carbocycles. The van der Waals surface area contributed by atoms with Crippen LogP contribution in [-0.4, -0.2) is 9.13 Å². The summed E-state index contributed by atoms with van der Waals surface area (Å²) in [5, 5.41) is 7.29. The van der Waals surface area contributed by atoms with Crippen molar-refractivity contribution in [2.45, 2.75) is 13.3 Å². The van der Waals surface area contributed by atoms with Crippen LogP contribution in [0, 0.1) is 6.92 Å². The third kappa shape index (κ3) is 6.85. The molecule has 320 valence electrons. The molecule has 0 amide bonds. The van der Waals surface area contributed by atoms with Crippen molar-refractivity contribution in [2.24, 2.45) is 0 Å². The molecule has 0 saturated heterocycles. The van der Waals surface area contributed by atoms with Gasteiger partial charge in [0.1, 0.15) is 5.58 Å². The maximum absolute atomic E-state index is 6.72. The number of nitrogens with zero attached hydrogens (tertiary/aromatic N) is 2. The molecule has 14 rings (SSSR count). The van der Waals surface area contributed by atoms with Gasteiger partial charge in [-0.15, -0.1) is 23.3 Å². The van der Waals surface area contributed by atoms with Crippen molar-refractivity contribution in [1.29, 1.82) is 0 Å². The summed E-state index contributed by atoms with van der Waals surface area (Å²) in [5.74, 6) is 0. The van der Waals surface area contributed by atoms with Gasteiger partial charge in [0, 0.05) is 38.0 Å². The molecule has 0 unspecified atom stereocenters. The van der Waals surface area contributed by atoms with E-state index < -0.39 is 0 Å². The van der Waals surface area contributed by atoms with Crippen LogP contribution in [0.1, 0.15) is 16.7 Å². The van der Waals surface area contributed by atoms with Crippen LogP contribution >= 0.6 is 23.3 Å². The summed E-state index contributed by atoms with van der Waals surface area (Å²) in [7, 11) is 0. The first kappa shape index (κ1) is 40.8. The summed E-state index contributed by atoms with van der Waals surface area (Å²) in [6, 6.07) is 81.1. The number of furan rings is 1. The van der Waals surface area contributed by atoms with Crippen LogP contribution in [0.15, 0.2) is 229 Å². The Labute approximate surface area is 399 Å². The fourth-order valence-electron chi connectivity index (χ4n) is 10.5. The SMILES string of the molecule is Cc1ccccc1.SS.c1cc(-c2cccc3c2Cc2ccc(-c4ccc5oc6c(-n7c8ccccc8c8ccccc87)cccc6c5c4)cc2-3)cc(-n2c3ccccc3c3ccccc32)c1. The average Bonchev–Trinajstić information content (AvgIpc) is 4.15. The lowest BCUT2D eigenvalue weighted by atomic mass is 9.95. The Hall–Kier alpha value is -7.70. The fourth-order valence-corrected chi connectivity index (χ4v) is 10.5. The van der Waals surface area contributed by atoms with Gasteiger partial charge >= 0.3 is 0 Å². The van der Waals surface area contributed by atoms with Gasteiger partial charge < -0.3 is 13.6 Å². The molecule has 0 N–H and O–H groups in total. The molecular weight excluding hydrogens is 853 g/mol. The highest BCUT2D eigenvalue weighted by molar-refractivity contribution is 8.59. The summed E-state index contributed by atoms with van der Waals surface area (Å²) >= 11 is 6.44. The summed E-state index contributed by atoms with van der Waals surface area (Å²) in [4.78, 5) is 0. The van der Waals surface area contributed by atoms with Gasteiger partial charge in [-0.05, 0) is 119 Å². The first-order valence-corrected chi connectivity index (χ1v) is 24.3. The summed E-state index contributed by atoms with van der Waals surface area (Å²) < 4.78 is 11.5. The topological polar surface area (TPSA) is 23.0 Å². The molecule has 0 radical (unpaired) electrons. The van der Waals surface area contributed by atoms with E-state index in [1.807, 2.05) is 18.2 Å². The van der Waals surface area contributed by atoms with Crippen molar-refractivity contribution in [3.05, 3.63) is 241 Å².